The van der Waals surface area contributed by atoms with Gasteiger partial charge in [-0.15, -0.1) is 0 Å². The number of rotatable bonds is 1. The van der Waals surface area contributed by atoms with Crippen LogP contribution in [0.3, 0.4) is 0 Å². The molecule has 0 saturated carbocycles. The second-order valence-electron chi connectivity index (χ2n) is 2.24. The minimum atomic E-state index is 0.447. The minimum Gasteiger partial charge on any atom is -0.332 e. The molecule has 0 amide bonds. The number of allylic oxidation sites excluding steroid dienone is 3. The van der Waals surface area contributed by atoms with Crippen LogP contribution in [0.25, 0.3) is 0 Å². The maximum atomic E-state index is 5.08. The van der Waals surface area contributed by atoms with Crippen LogP contribution in [-0.4, -0.2) is 5.11 Å². The molecule has 4 N–H and O–H groups in total. The Hall–Kier alpha value is -0.870. The summed E-state index contributed by atoms with van der Waals surface area (Å²) in [6, 6.07) is 0. The third-order valence-electron chi connectivity index (χ3n) is 1.38. The van der Waals surface area contributed by atoms with E-state index in [-0.39, 0.29) is 0 Å². The van der Waals surface area contributed by atoms with E-state index in [9.17, 15) is 0 Å². The van der Waals surface area contributed by atoms with Gasteiger partial charge in [0.2, 0.25) is 0 Å². The lowest BCUT2D eigenvalue weighted by atomic mass is 10.1. The summed E-state index contributed by atoms with van der Waals surface area (Å²) in [5.74, 6) is 5.08. The molecule has 4 heteroatoms. The van der Waals surface area contributed by atoms with E-state index in [0.29, 0.717) is 5.11 Å². The van der Waals surface area contributed by atoms with Crippen LogP contribution in [0.2, 0.25) is 0 Å². The smallest absolute Gasteiger partial charge is 0.185 e. The molecule has 0 aromatic rings. The molecule has 1 rings (SSSR count). The van der Waals surface area contributed by atoms with Crippen LogP contribution in [-0.2, 0) is 0 Å². The molecule has 0 bridgehead atoms. The lowest BCUT2D eigenvalue weighted by Gasteiger charge is -2.09. The van der Waals surface area contributed by atoms with Crippen LogP contribution in [0.4, 0.5) is 0 Å². The highest BCUT2D eigenvalue weighted by molar-refractivity contribution is 7.80. The molecule has 0 spiro atoms. The van der Waals surface area contributed by atoms with E-state index in [1.807, 2.05) is 6.08 Å². The highest BCUT2D eigenvalue weighted by Crippen LogP contribution is 2.05. The molecular weight excluding hydrogens is 158 g/mol. The van der Waals surface area contributed by atoms with E-state index in [4.69, 9.17) is 18.1 Å². The highest BCUT2D eigenvalue weighted by atomic mass is 32.1. The fourth-order valence-corrected chi connectivity index (χ4v) is 0.991. The van der Waals surface area contributed by atoms with Gasteiger partial charge in [-0.25, -0.2) is 5.84 Å². The van der Waals surface area contributed by atoms with Gasteiger partial charge in [-0.2, -0.15) is 0 Å². The number of nitrogens with one attached hydrogen (secondary N) is 2. The van der Waals surface area contributed by atoms with E-state index in [1.165, 1.54) is 0 Å². The number of thiocarbonyl (C=S) groups is 1. The summed E-state index contributed by atoms with van der Waals surface area (Å²) in [7, 11) is 0. The van der Waals surface area contributed by atoms with Crippen molar-refractivity contribution in [1.82, 2.24) is 10.7 Å². The maximum Gasteiger partial charge on any atom is 0.185 e. The fraction of sp³-hybridized carbons (Fsp3) is 0.286. The van der Waals surface area contributed by atoms with Gasteiger partial charge in [-0.1, -0.05) is 12.2 Å². The van der Waals surface area contributed by atoms with Gasteiger partial charge in [0, 0.05) is 5.70 Å². The average molecular weight is 169 g/mol. The van der Waals surface area contributed by atoms with Crippen LogP contribution in [0.15, 0.2) is 23.9 Å². The second-order valence-corrected chi connectivity index (χ2v) is 2.65. The summed E-state index contributed by atoms with van der Waals surface area (Å²) >= 11 is 4.81. The molecule has 0 unspecified atom stereocenters. The first kappa shape index (κ1) is 8.23. The number of hydrogen-bond acceptors (Lipinski definition) is 2. The minimum absolute atomic E-state index is 0.447. The van der Waals surface area contributed by atoms with E-state index >= 15 is 0 Å². The quantitative estimate of drug-likeness (QED) is 0.305. The lowest BCUT2D eigenvalue weighted by molar-refractivity contribution is 0.945. The highest BCUT2D eigenvalue weighted by Gasteiger charge is 1.97. The summed E-state index contributed by atoms with van der Waals surface area (Å²) in [5.41, 5.74) is 3.37. The van der Waals surface area contributed by atoms with Gasteiger partial charge in [0.1, 0.15) is 0 Å². The van der Waals surface area contributed by atoms with Crippen LogP contribution in [0.5, 0.6) is 0 Å². The topological polar surface area (TPSA) is 50.1 Å². The zero-order chi connectivity index (χ0) is 8.10. The number of nitrogens with two attached hydrogens (primary N) is 1. The number of hydrazine groups is 1. The molecule has 1 aliphatic carbocycles. The Kier molecular flexibility index (Phi) is 3.07. The molecule has 3 nitrogen and oxygen atoms in total. The second kappa shape index (κ2) is 4.10. The predicted octanol–water partition coefficient (Wildman–Crippen LogP) is 0.558. The summed E-state index contributed by atoms with van der Waals surface area (Å²) in [6.45, 7) is 0. The van der Waals surface area contributed by atoms with Gasteiger partial charge >= 0.3 is 0 Å². The van der Waals surface area contributed by atoms with Crippen molar-refractivity contribution in [2.75, 3.05) is 0 Å². The molecule has 0 aromatic heterocycles. The van der Waals surface area contributed by atoms with Crippen molar-refractivity contribution >= 4 is 17.3 Å². The van der Waals surface area contributed by atoms with Crippen LogP contribution < -0.4 is 16.6 Å². The average Bonchev–Trinajstić information content (AvgIpc) is 2.06. The molecule has 0 radical (unpaired) electrons. The van der Waals surface area contributed by atoms with Gasteiger partial charge in [0.25, 0.3) is 0 Å². The fourth-order valence-electron chi connectivity index (χ4n) is 0.873. The van der Waals surface area contributed by atoms with E-state index < -0.39 is 0 Å². The van der Waals surface area contributed by atoms with E-state index in [1.54, 1.807) is 0 Å². The lowest BCUT2D eigenvalue weighted by Crippen LogP contribution is -2.38. The molecule has 0 saturated heterocycles. The summed E-state index contributed by atoms with van der Waals surface area (Å²) in [5, 5.41) is 3.39. The molecule has 0 aliphatic heterocycles. The first-order chi connectivity index (χ1) is 5.33. The van der Waals surface area contributed by atoms with Gasteiger partial charge in [0.15, 0.2) is 5.11 Å². The number of hydrogen-bond donors (Lipinski definition) is 3. The van der Waals surface area contributed by atoms with Crippen molar-refractivity contribution in [1.29, 1.82) is 0 Å². The van der Waals surface area contributed by atoms with Crippen molar-refractivity contribution in [3.05, 3.63) is 23.9 Å². The molecule has 0 heterocycles. The third kappa shape index (κ3) is 2.69. The first-order valence-corrected chi connectivity index (χ1v) is 3.88. The summed E-state index contributed by atoms with van der Waals surface area (Å²) in [4.78, 5) is 0. The van der Waals surface area contributed by atoms with Crippen molar-refractivity contribution in [3.8, 4) is 0 Å². The molecule has 0 fully saturated rings. The van der Waals surface area contributed by atoms with Crippen LogP contribution in [0, 0.1) is 0 Å². The monoisotopic (exact) mass is 169 g/mol. The van der Waals surface area contributed by atoms with Crippen molar-refractivity contribution in [3.63, 3.8) is 0 Å². The molecule has 0 aromatic carbocycles. The Morgan fingerprint density at radius 3 is 2.91 bits per heavy atom. The SMILES string of the molecule is NNC(=S)NC1=CCCC=C1. The van der Waals surface area contributed by atoms with Crippen molar-refractivity contribution in [2.45, 2.75) is 12.8 Å². The van der Waals surface area contributed by atoms with E-state index in [0.717, 1.165) is 18.5 Å². The molecule has 1 aliphatic rings. The summed E-state index contributed by atoms with van der Waals surface area (Å²) < 4.78 is 0. The van der Waals surface area contributed by atoms with Crippen LogP contribution in [0.1, 0.15) is 12.8 Å². The Balaban J connectivity index is 2.42. The van der Waals surface area contributed by atoms with E-state index in [2.05, 4.69) is 22.9 Å². The third-order valence-corrected chi connectivity index (χ3v) is 1.60. The Morgan fingerprint density at radius 1 is 1.55 bits per heavy atom. The van der Waals surface area contributed by atoms with Gasteiger partial charge < -0.3 is 10.7 Å². The molecule has 11 heavy (non-hydrogen) atoms. The van der Waals surface area contributed by atoms with Crippen LogP contribution >= 0.6 is 12.2 Å². The largest absolute Gasteiger partial charge is 0.332 e. The Bertz CT molecular complexity index is 208. The molecular formula is C7H11N3S. The Labute approximate surface area is 71.3 Å². The zero-order valence-electron chi connectivity index (χ0n) is 6.13. The normalized spacial score (nSPS) is 15.5. The predicted molar refractivity (Wildman–Crippen MR) is 49.5 cm³/mol. The molecule has 60 valence electrons. The van der Waals surface area contributed by atoms with Gasteiger partial charge in [0.05, 0.1) is 0 Å². The molecule has 0 atom stereocenters. The van der Waals surface area contributed by atoms with Gasteiger partial charge in [-0.3, -0.25) is 0 Å². The van der Waals surface area contributed by atoms with Gasteiger partial charge in [-0.05, 0) is 31.1 Å². The standard InChI is InChI=1S/C7H11N3S/c8-10-7(11)9-6-4-2-1-3-5-6/h2,4-5H,1,3,8H2,(H2,9,10,11). The Morgan fingerprint density at radius 2 is 2.36 bits per heavy atom. The van der Waals surface area contributed by atoms with Crippen molar-refractivity contribution < 1.29 is 0 Å². The summed E-state index contributed by atoms with van der Waals surface area (Å²) in [6.07, 6.45) is 8.35. The zero-order valence-corrected chi connectivity index (χ0v) is 6.95. The maximum absolute atomic E-state index is 5.08. The van der Waals surface area contributed by atoms with Crippen molar-refractivity contribution in [2.24, 2.45) is 5.84 Å². The first-order valence-electron chi connectivity index (χ1n) is 3.47.